The molecular weight excluding hydrogens is 396 g/mol. The number of aromatic nitrogens is 2. The van der Waals surface area contributed by atoms with Gasteiger partial charge in [0.1, 0.15) is 12.4 Å². The summed E-state index contributed by atoms with van der Waals surface area (Å²) in [5.74, 6) is 1.69. The Bertz CT molecular complexity index is 1040. The molecule has 0 radical (unpaired) electrons. The van der Waals surface area contributed by atoms with Crippen LogP contribution >= 0.6 is 0 Å². The van der Waals surface area contributed by atoms with Crippen LogP contribution in [0.2, 0.25) is 0 Å². The zero-order valence-corrected chi connectivity index (χ0v) is 19.1. The first-order chi connectivity index (χ1) is 15.6. The maximum Gasteiger partial charge on any atom is 0.225 e. The molecular formula is C27H32N4O. The van der Waals surface area contributed by atoms with Gasteiger partial charge in [0.2, 0.25) is 5.95 Å². The van der Waals surface area contributed by atoms with E-state index in [9.17, 15) is 0 Å². The average Bonchev–Trinajstić information content (AvgIpc) is 2.80. The van der Waals surface area contributed by atoms with Gasteiger partial charge in [-0.25, -0.2) is 9.97 Å². The van der Waals surface area contributed by atoms with Crippen molar-refractivity contribution in [2.45, 2.75) is 38.2 Å². The Kier molecular flexibility index (Phi) is 5.83. The molecule has 166 valence electrons. The van der Waals surface area contributed by atoms with Crippen LogP contribution in [-0.2, 0) is 12.0 Å². The van der Waals surface area contributed by atoms with Crippen molar-refractivity contribution in [1.82, 2.24) is 14.9 Å². The monoisotopic (exact) mass is 428 g/mol. The molecule has 2 heterocycles. The van der Waals surface area contributed by atoms with Crippen LogP contribution in [0.15, 0.2) is 60.8 Å². The van der Waals surface area contributed by atoms with Crippen LogP contribution in [0.25, 0.3) is 0 Å². The normalized spacial score (nSPS) is 18.2. The van der Waals surface area contributed by atoms with Crippen molar-refractivity contribution in [3.05, 3.63) is 83.2 Å². The summed E-state index contributed by atoms with van der Waals surface area (Å²) >= 11 is 0. The SMILES string of the molecule is Cc1ccc(C2(c3ccc(OCc4ccnc(N5CCN(C)CC5)n4)cc3)CCC2)cc1. The molecule has 0 atom stereocenters. The van der Waals surface area contributed by atoms with Crippen molar-refractivity contribution in [3.63, 3.8) is 0 Å². The van der Waals surface area contributed by atoms with Gasteiger partial charge in [0.05, 0.1) is 5.69 Å². The van der Waals surface area contributed by atoms with Gasteiger partial charge in [0, 0.05) is 37.8 Å². The van der Waals surface area contributed by atoms with Gasteiger partial charge in [0.25, 0.3) is 0 Å². The highest BCUT2D eigenvalue weighted by molar-refractivity contribution is 5.44. The van der Waals surface area contributed by atoms with Gasteiger partial charge in [-0.05, 0) is 56.1 Å². The fourth-order valence-electron chi connectivity index (χ4n) is 4.80. The van der Waals surface area contributed by atoms with E-state index in [2.05, 4.69) is 77.3 Å². The average molecular weight is 429 g/mol. The molecule has 1 aliphatic heterocycles. The lowest BCUT2D eigenvalue weighted by Crippen LogP contribution is -2.45. The maximum atomic E-state index is 6.08. The summed E-state index contributed by atoms with van der Waals surface area (Å²) < 4.78 is 6.08. The van der Waals surface area contributed by atoms with E-state index in [1.165, 1.54) is 36.0 Å². The van der Waals surface area contributed by atoms with E-state index < -0.39 is 0 Å². The maximum absolute atomic E-state index is 6.08. The van der Waals surface area contributed by atoms with E-state index in [0.717, 1.165) is 43.6 Å². The third-order valence-corrected chi connectivity index (χ3v) is 7.09. The molecule has 0 amide bonds. The summed E-state index contributed by atoms with van der Waals surface area (Å²) in [5.41, 5.74) is 5.21. The molecule has 5 rings (SSSR count). The van der Waals surface area contributed by atoms with E-state index in [4.69, 9.17) is 9.72 Å². The van der Waals surface area contributed by atoms with Gasteiger partial charge in [-0.2, -0.15) is 0 Å². The quantitative estimate of drug-likeness (QED) is 0.575. The first-order valence-electron chi connectivity index (χ1n) is 11.7. The fraction of sp³-hybridized carbons (Fsp3) is 0.407. The van der Waals surface area contributed by atoms with Gasteiger partial charge in [-0.15, -0.1) is 0 Å². The second kappa shape index (κ2) is 8.91. The molecule has 32 heavy (non-hydrogen) atoms. The van der Waals surface area contributed by atoms with Crippen LogP contribution in [0.5, 0.6) is 5.75 Å². The van der Waals surface area contributed by atoms with E-state index in [1.807, 2.05) is 12.3 Å². The third kappa shape index (κ3) is 4.22. The smallest absolute Gasteiger partial charge is 0.225 e. The van der Waals surface area contributed by atoms with Crippen LogP contribution in [0.4, 0.5) is 5.95 Å². The van der Waals surface area contributed by atoms with Gasteiger partial charge in [0.15, 0.2) is 0 Å². The molecule has 5 heteroatoms. The van der Waals surface area contributed by atoms with E-state index in [1.54, 1.807) is 0 Å². The summed E-state index contributed by atoms with van der Waals surface area (Å²) in [6, 6.07) is 19.7. The number of piperazine rings is 1. The molecule has 2 fully saturated rings. The Morgan fingerprint density at radius 2 is 1.53 bits per heavy atom. The van der Waals surface area contributed by atoms with Crippen molar-refractivity contribution in [3.8, 4) is 5.75 Å². The molecule has 0 unspecified atom stereocenters. The molecule has 1 saturated carbocycles. The number of rotatable bonds is 6. The van der Waals surface area contributed by atoms with Crippen LogP contribution in [0, 0.1) is 6.92 Å². The predicted molar refractivity (Wildman–Crippen MR) is 128 cm³/mol. The first kappa shape index (κ1) is 21.0. The fourth-order valence-corrected chi connectivity index (χ4v) is 4.80. The topological polar surface area (TPSA) is 41.5 Å². The van der Waals surface area contributed by atoms with E-state index >= 15 is 0 Å². The summed E-state index contributed by atoms with van der Waals surface area (Å²) in [5, 5.41) is 0. The predicted octanol–water partition coefficient (Wildman–Crippen LogP) is 4.59. The molecule has 0 N–H and O–H groups in total. The van der Waals surface area contributed by atoms with E-state index in [-0.39, 0.29) is 5.41 Å². The van der Waals surface area contributed by atoms with Gasteiger partial charge >= 0.3 is 0 Å². The molecule has 0 spiro atoms. The molecule has 0 bridgehead atoms. The molecule has 1 saturated heterocycles. The Morgan fingerprint density at radius 1 is 0.875 bits per heavy atom. The first-order valence-corrected chi connectivity index (χ1v) is 11.7. The number of nitrogens with zero attached hydrogens (tertiary/aromatic N) is 4. The number of ether oxygens (including phenoxy) is 1. The van der Waals surface area contributed by atoms with Crippen LogP contribution in [-0.4, -0.2) is 48.1 Å². The number of likely N-dealkylation sites (N-methyl/N-ethyl adjacent to an activating group) is 1. The molecule has 1 aromatic heterocycles. The lowest BCUT2D eigenvalue weighted by atomic mass is 9.60. The third-order valence-electron chi connectivity index (χ3n) is 7.09. The summed E-state index contributed by atoms with van der Waals surface area (Å²) in [7, 11) is 2.15. The summed E-state index contributed by atoms with van der Waals surface area (Å²) in [6.07, 6.45) is 5.55. The zero-order chi connectivity index (χ0) is 22.0. The van der Waals surface area contributed by atoms with Crippen LogP contribution in [0.3, 0.4) is 0 Å². The van der Waals surface area contributed by atoms with Gasteiger partial charge < -0.3 is 14.5 Å². The Hall–Kier alpha value is -2.92. The van der Waals surface area contributed by atoms with Crippen molar-refractivity contribution in [1.29, 1.82) is 0 Å². The van der Waals surface area contributed by atoms with E-state index in [0.29, 0.717) is 6.61 Å². The lowest BCUT2D eigenvalue weighted by Gasteiger charge is -2.43. The molecule has 3 aromatic rings. The highest BCUT2D eigenvalue weighted by atomic mass is 16.5. The van der Waals surface area contributed by atoms with Crippen molar-refractivity contribution in [2.75, 3.05) is 38.1 Å². The molecule has 2 aliphatic rings. The summed E-state index contributed by atoms with van der Waals surface area (Å²) in [6.45, 7) is 6.61. The van der Waals surface area contributed by atoms with Crippen LogP contribution in [0.1, 0.15) is 41.6 Å². The zero-order valence-electron chi connectivity index (χ0n) is 19.1. The van der Waals surface area contributed by atoms with Crippen LogP contribution < -0.4 is 9.64 Å². The highest BCUT2D eigenvalue weighted by Gasteiger charge is 2.40. The summed E-state index contributed by atoms with van der Waals surface area (Å²) in [4.78, 5) is 13.8. The lowest BCUT2D eigenvalue weighted by molar-refractivity contribution is 0.293. The minimum absolute atomic E-state index is 0.163. The van der Waals surface area contributed by atoms with Crippen molar-refractivity contribution < 1.29 is 4.74 Å². The van der Waals surface area contributed by atoms with Gasteiger partial charge in [-0.3, -0.25) is 0 Å². The number of anilines is 1. The second-order valence-electron chi connectivity index (χ2n) is 9.25. The molecule has 2 aromatic carbocycles. The largest absolute Gasteiger partial charge is 0.487 e. The number of benzene rings is 2. The number of aryl methyl sites for hydroxylation is 1. The minimum Gasteiger partial charge on any atom is -0.487 e. The van der Waals surface area contributed by atoms with Crippen molar-refractivity contribution >= 4 is 5.95 Å². The molecule has 5 nitrogen and oxygen atoms in total. The number of hydrogen-bond donors (Lipinski definition) is 0. The molecule has 1 aliphatic carbocycles. The Labute approximate surface area is 191 Å². The number of hydrogen-bond acceptors (Lipinski definition) is 5. The highest BCUT2D eigenvalue weighted by Crippen LogP contribution is 2.49. The van der Waals surface area contributed by atoms with Gasteiger partial charge in [-0.1, -0.05) is 48.4 Å². The van der Waals surface area contributed by atoms with Crippen molar-refractivity contribution in [2.24, 2.45) is 0 Å². The second-order valence-corrected chi connectivity index (χ2v) is 9.25. The Morgan fingerprint density at radius 3 is 2.16 bits per heavy atom. The minimum atomic E-state index is 0.163. The standard InChI is InChI=1S/C27H32N4O/c1-21-4-6-22(7-5-21)27(13-3-14-27)23-8-10-25(11-9-23)32-20-24-12-15-28-26(29-24)31-18-16-30(2)17-19-31/h4-12,15H,3,13-14,16-20H2,1-2H3. The Balaban J connectivity index is 1.25.